The Bertz CT molecular complexity index is 350. The van der Waals surface area contributed by atoms with E-state index in [2.05, 4.69) is 45.9 Å². The van der Waals surface area contributed by atoms with Crippen molar-refractivity contribution in [1.29, 1.82) is 0 Å². The zero-order valence-corrected chi connectivity index (χ0v) is 11.8. The van der Waals surface area contributed by atoms with Gasteiger partial charge in [-0.15, -0.1) is 0 Å². The molecule has 1 nitrogen and oxygen atoms in total. The fourth-order valence-electron chi connectivity index (χ4n) is 2.42. The summed E-state index contributed by atoms with van der Waals surface area (Å²) < 4.78 is 0. The van der Waals surface area contributed by atoms with E-state index in [1.165, 1.54) is 5.56 Å². The highest BCUT2D eigenvalue weighted by atomic mass is 16.3. The first-order valence-electron chi connectivity index (χ1n) is 6.63. The number of hydrogen-bond donors (Lipinski definition) is 1. The molecule has 1 heteroatoms. The third-order valence-corrected chi connectivity index (χ3v) is 3.00. The fourth-order valence-corrected chi connectivity index (χ4v) is 2.42. The van der Waals surface area contributed by atoms with Crippen molar-refractivity contribution in [3.8, 4) is 0 Å². The molecule has 0 saturated carbocycles. The Hall–Kier alpha value is -0.820. The van der Waals surface area contributed by atoms with Crippen molar-refractivity contribution in [3.63, 3.8) is 0 Å². The summed E-state index contributed by atoms with van der Waals surface area (Å²) in [4.78, 5) is 0. The molecule has 0 fully saturated rings. The van der Waals surface area contributed by atoms with Crippen LogP contribution in [0.25, 0.3) is 0 Å². The third-order valence-electron chi connectivity index (χ3n) is 3.00. The average molecular weight is 234 g/mol. The van der Waals surface area contributed by atoms with Gasteiger partial charge in [0.25, 0.3) is 0 Å². The van der Waals surface area contributed by atoms with Gasteiger partial charge in [-0.1, -0.05) is 52.0 Å². The molecule has 1 N–H and O–H groups in total. The summed E-state index contributed by atoms with van der Waals surface area (Å²) in [5.74, 6) is 1.15. The second-order valence-electron chi connectivity index (χ2n) is 6.17. The molecule has 1 aromatic rings. The average Bonchev–Trinajstić information content (AvgIpc) is 2.15. The van der Waals surface area contributed by atoms with E-state index in [0.29, 0.717) is 11.8 Å². The smallest absolute Gasteiger partial charge is 0.0871 e. The van der Waals surface area contributed by atoms with Crippen molar-refractivity contribution in [3.05, 3.63) is 35.4 Å². The Labute approximate surface area is 106 Å². The first-order valence-corrected chi connectivity index (χ1v) is 6.63. The van der Waals surface area contributed by atoms with Crippen LogP contribution in [0.15, 0.2) is 24.3 Å². The first kappa shape index (κ1) is 14.2. The highest BCUT2D eigenvalue weighted by Gasteiger charge is 2.24. The van der Waals surface area contributed by atoms with E-state index in [0.717, 1.165) is 18.4 Å². The second kappa shape index (κ2) is 5.68. The van der Waals surface area contributed by atoms with Crippen LogP contribution >= 0.6 is 0 Å². The summed E-state index contributed by atoms with van der Waals surface area (Å²) >= 11 is 0. The summed E-state index contributed by atoms with van der Waals surface area (Å²) in [7, 11) is 0. The summed E-state index contributed by atoms with van der Waals surface area (Å²) in [5.41, 5.74) is 1.66. The zero-order chi connectivity index (χ0) is 13.1. The molecule has 1 aromatic carbocycles. The summed E-state index contributed by atoms with van der Waals surface area (Å²) in [5, 5.41) is 10.5. The van der Waals surface area contributed by atoms with Gasteiger partial charge in [-0.05, 0) is 42.7 Å². The van der Waals surface area contributed by atoms with Crippen molar-refractivity contribution >= 4 is 0 Å². The van der Waals surface area contributed by atoms with Crippen molar-refractivity contribution in [1.82, 2.24) is 0 Å². The molecule has 0 heterocycles. The lowest BCUT2D eigenvalue weighted by Crippen LogP contribution is -2.23. The standard InChI is InChI=1S/C16H26O/c1-12(2)9-14-7-6-8-15(10-14)16(5,17)11-13(3)4/h6-8,10,12-13,17H,9,11H2,1-5H3. The van der Waals surface area contributed by atoms with E-state index in [-0.39, 0.29) is 0 Å². The van der Waals surface area contributed by atoms with Gasteiger partial charge in [0.2, 0.25) is 0 Å². The van der Waals surface area contributed by atoms with Gasteiger partial charge < -0.3 is 5.11 Å². The van der Waals surface area contributed by atoms with Gasteiger partial charge in [0.15, 0.2) is 0 Å². The Morgan fingerprint density at radius 2 is 1.76 bits per heavy atom. The minimum absolute atomic E-state index is 0.499. The van der Waals surface area contributed by atoms with E-state index < -0.39 is 5.60 Å². The minimum Gasteiger partial charge on any atom is -0.385 e. The molecule has 0 saturated heterocycles. The normalized spacial score (nSPS) is 15.3. The predicted molar refractivity (Wildman–Crippen MR) is 74.0 cm³/mol. The van der Waals surface area contributed by atoms with Crippen LogP contribution in [0.1, 0.15) is 52.2 Å². The highest BCUT2D eigenvalue weighted by Crippen LogP contribution is 2.28. The number of hydrogen-bond acceptors (Lipinski definition) is 1. The van der Waals surface area contributed by atoms with Gasteiger partial charge in [0, 0.05) is 0 Å². The Kier molecular flexibility index (Phi) is 4.76. The number of aliphatic hydroxyl groups is 1. The maximum absolute atomic E-state index is 10.5. The third kappa shape index (κ3) is 4.51. The summed E-state index contributed by atoms with van der Waals surface area (Å²) in [6, 6.07) is 8.39. The molecule has 0 bridgehead atoms. The molecule has 0 spiro atoms. The van der Waals surface area contributed by atoms with Crippen LogP contribution in [0.3, 0.4) is 0 Å². The van der Waals surface area contributed by atoms with Crippen LogP contribution in [-0.4, -0.2) is 5.11 Å². The van der Waals surface area contributed by atoms with E-state index in [4.69, 9.17) is 0 Å². The summed E-state index contributed by atoms with van der Waals surface area (Å²) in [6.07, 6.45) is 1.88. The van der Waals surface area contributed by atoms with Gasteiger partial charge in [-0.3, -0.25) is 0 Å². The topological polar surface area (TPSA) is 20.2 Å². The number of benzene rings is 1. The van der Waals surface area contributed by atoms with Gasteiger partial charge in [0.05, 0.1) is 5.60 Å². The van der Waals surface area contributed by atoms with Gasteiger partial charge >= 0.3 is 0 Å². The van der Waals surface area contributed by atoms with Crippen LogP contribution < -0.4 is 0 Å². The molecule has 1 rings (SSSR count). The Morgan fingerprint density at radius 1 is 1.12 bits per heavy atom. The number of rotatable bonds is 5. The fraction of sp³-hybridized carbons (Fsp3) is 0.625. The van der Waals surface area contributed by atoms with Crippen molar-refractivity contribution < 1.29 is 5.11 Å². The quantitative estimate of drug-likeness (QED) is 0.812. The molecular weight excluding hydrogens is 208 g/mol. The maximum Gasteiger partial charge on any atom is 0.0871 e. The van der Waals surface area contributed by atoms with Crippen LogP contribution in [0.5, 0.6) is 0 Å². The largest absolute Gasteiger partial charge is 0.385 e. The first-order chi connectivity index (χ1) is 7.81. The molecule has 1 atom stereocenters. The van der Waals surface area contributed by atoms with Crippen LogP contribution in [0.4, 0.5) is 0 Å². The molecule has 0 amide bonds. The maximum atomic E-state index is 10.5. The molecule has 0 aliphatic rings. The van der Waals surface area contributed by atoms with E-state index in [1.807, 2.05) is 13.0 Å². The molecule has 96 valence electrons. The lowest BCUT2D eigenvalue weighted by Gasteiger charge is -2.26. The van der Waals surface area contributed by atoms with E-state index in [9.17, 15) is 5.11 Å². The lowest BCUT2D eigenvalue weighted by atomic mass is 9.86. The van der Waals surface area contributed by atoms with Crippen LogP contribution in [-0.2, 0) is 12.0 Å². The second-order valence-corrected chi connectivity index (χ2v) is 6.17. The van der Waals surface area contributed by atoms with Crippen molar-refractivity contribution in [2.75, 3.05) is 0 Å². The molecule has 1 unspecified atom stereocenters. The van der Waals surface area contributed by atoms with Gasteiger partial charge in [-0.25, -0.2) is 0 Å². The lowest BCUT2D eigenvalue weighted by molar-refractivity contribution is 0.0348. The summed E-state index contributed by atoms with van der Waals surface area (Å²) in [6.45, 7) is 10.7. The van der Waals surface area contributed by atoms with Gasteiger partial charge in [-0.2, -0.15) is 0 Å². The monoisotopic (exact) mass is 234 g/mol. The van der Waals surface area contributed by atoms with E-state index >= 15 is 0 Å². The highest BCUT2D eigenvalue weighted by molar-refractivity contribution is 5.28. The van der Waals surface area contributed by atoms with Gasteiger partial charge in [0.1, 0.15) is 0 Å². The van der Waals surface area contributed by atoms with Crippen LogP contribution in [0.2, 0.25) is 0 Å². The molecule has 0 aliphatic heterocycles. The Balaban J connectivity index is 2.90. The molecular formula is C16H26O. The van der Waals surface area contributed by atoms with Crippen molar-refractivity contribution in [2.24, 2.45) is 11.8 Å². The Morgan fingerprint density at radius 3 is 2.29 bits per heavy atom. The predicted octanol–water partition coefficient (Wildman–Crippen LogP) is 4.14. The molecule has 17 heavy (non-hydrogen) atoms. The van der Waals surface area contributed by atoms with Crippen LogP contribution in [0, 0.1) is 11.8 Å². The zero-order valence-electron chi connectivity index (χ0n) is 11.8. The van der Waals surface area contributed by atoms with Crippen molar-refractivity contribution in [2.45, 2.75) is 53.1 Å². The molecule has 0 aliphatic carbocycles. The SMILES string of the molecule is CC(C)Cc1cccc(C(C)(O)CC(C)C)c1. The van der Waals surface area contributed by atoms with E-state index in [1.54, 1.807) is 0 Å². The minimum atomic E-state index is -0.707. The molecule has 0 aromatic heterocycles. The molecule has 0 radical (unpaired) electrons.